The molecule has 1 aromatic rings. The lowest BCUT2D eigenvalue weighted by Crippen LogP contribution is -2.26. The molecule has 0 radical (unpaired) electrons. The van der Waals surface area contributed by atoms with Gasteiger partial charge in [0.1, 0.15) is 6.10 Å². The van der Waals surface area contributed by atoms with E-state index < -0.39 is 0 Å². The Morgan fingerprint density at radius 3 is 2.68 bits per heavy atom. The molecule has 19 heavy (non-hydrogen) atoms. The number of carbonyl (C=O) groups excluding carboxylic acids is 2. The van der Waals surface area contributed by atoms with Crippen LogP contribution < -0.4 is 5.32 Å². The van der Waals surface area contributed by atoms with E-state index in [9.17, 15) is 9.59 Å². The van der Waals surface area contributed by atoms with Crippen LogP contribution in [0.4, 0.5) is 5.69 Å². The monoisotopic (exact) mass is 263 g/mol. The molecule has 0 aromatic heterocycles. The molecule has 1 aliphatic heterocycles. The fourth-order valence-electron chi connectivity index (χ4n) is 1.91. The predicted octanol–water partition coefficient (Wildman–Crippen LogP) is 1.98. The Morgan fingerprint density at radius 2 is 2.11 bits per heavy atom. The molecule has 1 saturated heterocycles. The molecule has 1 heterocycles. The summed E-state index contributed by atoms with van der Waals surface area (Å²) in [6.45, 7) is 2.74. The van der Waals surface area contributed by atoms with Crippen LogP contribution in [0.3, 0.4) is 0 Å². The zero-order valence-corrected chi connectivity index (χ0v) is 10.8. The van der Waals surface area contributed by atoms with Gasteiger partial charge in [0.15, 0.2) is 0 Å². The quantitative estimate of drug-likeness (QED) is 0.844. The Kier molecular flexibility index (Phi) is 4.52. The fourth-order valence-corrected chi connectivity index (χ4v) is 1.91. The zero-order valence-electron chi connectivity index (χ0n) is 10.8. The second-order valence-corrected chi connectivity index (χ2v) is 4.29. The first-order valence-corrected chi connectivity index (χ1v) is 6.40. The van der Waals surface area contributed by atoms with Crippen molar-refractivity contribution in [2.24, 2.45) is 0 Å². The molecule has 0 bridgehead atoms. The highest BCUT2D eigenvalue weighted by Crippen LogP contribution is 2.16. The van der Waals surface area contributed by atoms with Crippen molar-refractivity contribution in [2.45, 2.75) is 25.9 Å². The van der Waals surface area contributed by atoms with E-state index in [0.717, 1.165) is 12.8 Å². The smallest absolute Gasteiger partial charge is 0.338 e. The first-order chi connectivity index (χ1) is 9.20. The molecule has 0 unspecified atom stereocenters. The maximum Gasteiger partial charge on any atom is 0.338 e. The van der Waals surface area contributed by atoms with Crippen LogP contribution in [0.1, 0.15) is 30.1 Å². The minimum absolute atomic E-state index is 0.138. The summed E-state index contributed by atoms with van der Waals surface area (Å²) in [5, 5.41) is 2.77. The summed E-state index contributed by atoms with van der Waals surface area (Å²) in [7, 11) is 0. The number of nitrogens with one attached hydrogen (secondary N) is 1. The van der Waals surface area contributed by atoms with Crippen LogP contribution in [-0.2, 0) is 14.3 Å². The number of ether oxygens (including phenoxy) is 2. The van der Waals surface area contributed by atoms with Crippen LogP contribution >= 0.6 is 0 Å². The topological polar surface area (TPSA) is 64.6 Å². The van der Waals surface area contributed by atoms with E-state index in [1.807, 2.05) is 0 Å². The van der Waals surface area contributed by atoms with Gasteiger partial charge in [-0.2, -0.15) is 0 Å². The highest BCUT2D eigenvalue weighted by molar-refractivity contribution is 5.95. The van der Waals surface area contributed by atoms with E-state index in [4.69, 9.17) is 9.47 Å². The van der Waals surface area contributed by atoms with Crippen LogP contribution in [0.5, 0.6) is 0 Å². The predicted molar refractivity (Wildman–Crippen MR) is 70.0 cm³/mol. The van der Waals surface area contributed by atoms with Gasteiger partial charge in [0, 0.05) is 12.3 Å². The molecule has 1 atom stereocenters. The average molecular weight is 263 g/mol. The van der Waals surface area contributed by atoms with Crippen molar-refractivity contribution in [3.05, 3.63) is 29.8 Å². The van der Waals surface area contributed by atoms with E-state index in [2.05, 4.69) is 5.32 Å². The molecular weight excluding hydrogens is 246 g/mol. The molecule has 5 nitrogen and oxygen atoms in total. The van der Waals surface area contributed by atoms with Gasteiger partial charge < -0.3 is 14.8 Å². The molecule has 2 rings (SSSR count). The first kappa shape index (κ1) is 13.5. The molecular formula is C14H17NO4. The average Bonchev–Trinajstić information content (AvgIpc) is 2.94. The summed E-state index contributed by atoms with van der Waals surface area (Å²) in [6.07, 6.45) is 1.32. The number of anilines is 1. The molecule has 0 spiro atoms. The number of hydrogen-bond acceptors (Lipinski definition) is 4. The van der Waals surface area contributed by atoms with Crippen molar-refractivity contribution < 1.29 is 19.1 Å². The minimum Gasteiger partial charge on any atom is -0.462 e. The summed E-state index contributed by atoms with van der Waals surface area (Å²) in [5.41, 5.74) is 1.12. The molecule has 1 fully saturated rings. The van der Waals surface area contributed by atoms with Gasteiger partial charge in [-0.25, -0.2) is 4.79 Å². The number of carbonyl (C=O) groups is 2. The lowest BCUT2D eigenvalue weighted by Gasteiger charge is -2.10. The zero-order chi connectivity index (χ0) is 13.7. The van der Waals surface area contributed by atoms with Gasteiger partial charge in [-0.1, -0.05) is 0 Å². The molecule has 1 aromatic carbocycles. The van der Waals surface area contributed by atoms with E-state index in [1.54, 1.807) is 31.2 Å². The second kappa shape index (κ2) is 6.33. The molecule has 102 valence electrons. The number of amides is 1. The van der Waals surface area contributed by atoms with E-state index >= 15 is 0 Å². The van der Waals surface area contributed by atoms with Gasteiger partial charge in [0.25, 0.3) is 5.91 Å². The third kappa shape index (κ3) is 3.54. The normalized spacial score (nSPS) is 18.1. The van der Waals surface area contributed by atoms with E-state index in [-0.39, 0.29) is 18.0 Å². The molecule has 1 aliphatic rings. The lowest BCUT2D eigenvalue weighted by molar-refractivity contribution is -0.124. The Bertz CT molecular complexity index is 449. The van der Waals surface area contributed by atoms with Gasteiger partial charge in [-0.3, -0.25) is 4.79 Å². The van der Waals surface area contributed by atoms with Crippen molar-refractivity contribution in [3.8, 4) is 0 Å². The lowest BCUT2D eigenvalue weighted by atomic mass is 10.2. The van der Waals surface area contributed by atoms with Gasteiger partial charge in [-0.15, -0.1) is 0 Å². The van der Waals surface area contributed by atoms with Crippen molar-refractivity contribution in [2.75, 3.05) is 18.5 Å². The number of hydrogen-bond donors (Lipinski definition) is 1. The Labute approximate surface area is 111 Å². The first-order valence-electron chi connectivity index (χ1n) is 6.40. The van der Waals surface area contributed by atoms with Gasteiger partial charge in [0.2, 0.25) is 0 Å². The van der Waals surface area contributed by atoms with Crippen LogP contribution in [-0.4, -0.2) is 31.2 Å². The maximum absolute atomic E-state index is 11.8. The SMILES string of the molecule is CCOC(=O)c1ccc(NC(=O)[C@@H]2CCCO2)cc1. The third-order valence-electron chi connectivity index (χ3n) is 2.89. The molecule has 1 amide bonds. The van der Waals surface area contributed by atoms with Crippen molar-refractivity contribution in [3.63, 3.8) is 0 Å². The maximum atomic E-state index is 11.8. The fraction of sp³-hybridized carbons (Fsp3) is 0.429. The third-order valence-corrected chi connectivity index (χ3v) is 2.89. The van der Waals surface area contributed by atoms with Crippen LogP contribution in [0.15, 0.2) is 24.3 Å². The van der Waals surface area contributed by atoms with Crippen molar-refractivity contribution in [1.82, 2.24) is 0 Å². The Balaban J connectivity index is 1.94. The standard InChI is InChI=1S/C14H17NO4/c1-2-18-14(17)10-5-7-11(8-6-10)15-13(16)12-4-3-9-19-12/h5-8,12H,2-4,9H2,1H3,(H,15,16)/t12-/m0/s1. The number of benzene rings is 1. The molecule has 0 saturated carbocycles. The highest BCUT2D eigenvalue weighted by Gasteiger charge is 2.23. The summed E-state index contributed by atoms with van der Waals surface area (Å²) in [4.78, 5) is 23.3. The summed E-state index contributed by atoms with van der Waals surface area (Å²) in [6, 6.07) is 6.62. The number of rotatable bonds is 4. The molecule has 5 heteroatoms. The van der Waals surface area contributed by atoms with Gasteiger partial charge >= 0.3 is 5.97 Å². The Morgan fingerprint density at radius 1 is 1.37 bits per heavy atom. The summed E-state index contributed by atoms with van der Waals surface area (Å²) < 4.78 is 10.2. The van der Waals surface area contributed by atoms with E-state index in [0.29, 0.717) is 24.5 Å². The summed E-state index contributed by atoms with van der Waals surface area (Å²) >= 11 is 0. The molecule has 1 N–H and O–H groups in total. The van der Waals surface area contributed by atoms with Crippen LogP contribution in [0, 0.1) is 0 Å². The minimum atomic E-state index is -0.362. The Hall–Kier alpha value is -1.88. The van der Waals surface area contributed by atoms with Gasteiger partial charge in [0.05, 0.1) is 12.2 Å². The van der Waals surface area contributed by atoms with Gasteiger partial charge in [-0.05, 0) is 44.0 Å². The van der Waals surface area contributed by atoms with E-state index in [1.165, 1.54) is 0 Å². The van der Waals surface area contributed by atoms with Crippen LogP contribution in [0.2, 0.25) is 0 Å². The highest BCUT2D eigenvalue weighted by atomic mass is 16.5. The van der Waals surface area contributed by atoms with Crippen molar-refractivity contribution in [1.29, 1.82) is 0 Å². The molecule has 0 aliphatic carbocycles. The summed E-state index contributed by atoms with van der Waals surface area (Å²) in [5.74, 6) is -0.499. The van der Waals surface area contributed by atoms with Crippen LogP contribution in [0.25, 0.3) is 0 Å². The number of esters is 1. The largest absolute Gasteiger partial charge is 0.462 e. The second-order valence-electron chi connectivity index (χ2n) is 4.29. The van der Waals surface area contributed by atoms with Crippen molar-refractivity contribution >= 4 is 17.6 Å².